The molecule has 2 aromatic carbocycles. The first-order chi connectivity index (χ1) is 8.34. The monoisotopic (exact) mass is 221 g/mol. The number of hydrogen-bond donors (Lipinski definition) is 0. The standard InChI is InChI=1S/C15H11NO/c17-14-10-11-6-4-5-9-13(11)15(14)16-12-7-2-1-3-8-12/h1-9H,10H2. The van der Waals surface area contributed by atoms with Gasteiger partial charge in [0, 0.05) is 12.0 Å². The third-order valence-electron chi connectivity index (χ3n) is 2.88. The van der Waals surface area contributed by atoms with E-state index in [2.05, 4.69) is 4.99 Å². The molecule has 2 nitrogen and oxygen atoms in total. The topological polar surface area (TPSA) is 29.4 Å². The normalized spacial score (nSPS) is 16.2. The Hall–Kier alpha value is -2.22. The average Bonchev–Trinajstić information content (AvgIpc) is 2.68. The van der Waals surface area contributed by atoms with Gasteiger partial charge in [0.25, 0.3) is 0 Å². The summed E-state index contributed by atoms with van der Waals surface area (Å²) in [6, 6.07) is 17.4. The molecule has 0 atom stereocenters. The Morgan fingerprint density at radius 2 is 1.59 bits per heavy atom. The van der Waals surface area contributed by atoms with Crippen molar-refractivity contribution in [3.63, 3.8) is 0 Å². The minimum absolute atomic E-state index is 0.107. The van der Waals surface area contributed by atoms with Gasteiger partial charge in [-0.3, -0.25) is 4.79 Å². The third-order valence-corrected chi connectivity index (χ3v) is 2.88. The third kappa shape index (κ3) is 1.78. The highest BCUT2D eigenvalue weighted by atomic mass is 16.1. The van der Waals surface area contributed by atoms with Crippen LogP contribution >= 0.6 is 0 Å². The summed E-state index contributed by atoms with van der Waals surface area (Å²) in [5.41, 5.74) is 3.47. The van der Waals surface area contributed by atoms with Gasteiger partial charge in [-0.15, -0.1) is 0 Å². The molecule has 0 spiro atoms. The quantitative estimate of drug-likeness (QED) is 0.728. The number of benzene rings is 2. The Labute approximate surface area is 99.6 Å². The lowest BCUT2D eigenvalue weighted by Gasteiger charge is -1.98. The summed E-state index contributed by atoms with van der Waals surface area (Å²) >= 11 is 0. The van der Waals surface area contributed by atoms with Crippen molar-refractivity contribution < 1.29 is 4.79 Å². The largest absolute Gasteiger partial charge is 0.292 e. The minimum Gasteiger partial charge on any atom is -0.292 e. The zero-order valence-corrected chi connectivity index (χ0v) is 9.26. The first-order valence-electron chi connectivity index (χ1n) is 5.60. The predicted octanol–water partition coefficient (Wildman–Crippen LogP) is 2.93. The van der Waals surface area contributed by atoms with E-state index in [0.717, 1.165) is 16.8 Å². The molecule has 0 saturated carbocycles. The second kappa shape index (κ2) is 3.98. The molecular weight excluding hydrogens is 210 g/mol. The number of carbonyl (C=O) groups is 1. The SMILES string of the molecule is O=C1Cc2ccccc2C1=Nc1ccccc1. The maximum Gasteiger partial charge on any atom is 0.186 e. The van der Waals surface area contributed by atoms with Gasteiger partial charge in [0.2, 0.25) is 0 Å². The lowest BCUT2D eigenvalue weighted by Crippen LogP contribution is -2.07. The maximum absolute atomic E-state index is 11.9. The van der Waals surface area contributed by atoms with Crippen molar-refractivity contribution in [1.29, 1.82) is 0 Å². The van der Waals surface area contributed by atoms with Crippen molar-refractivity contribution in [2.24, 2.45) is 4.99 Å². The van der Waals surface area contributed by atoms with Crippen LogP contribution in [0.1, 0.15) is 11.1 Å². The number of ketones is 1. The van der Waals surface area contributed by atoms with Gasteiger partial charge in [0.05, 0.1) is 5.69 Å². The molecule has 2 heteroatoms. The maximum atomic E-state index is 11.9. The predicted molar refractivity (Wildman–Crippen MR) is 67.8 cm³/mol. The van der Waals surface area contributed by atoms with Crippen LogP contribution in [0.25, 0.3) is 0 Å². The van der Waals surface area contributed by atoms with Gasteiger partial charge < -0.3 is 0 Å². The van der Waals surface area contributed by atoms with Gasteiger partial charge in [0.1, 0.15) is 5.71 Å². The molecule has 2 aromatic rings. The summed E-state index contributed by atoms with van der Waals surface area (Å²) in [5, 5.41) is 0. The molecule has 0 aromatic heterocycles. The molecule has 17 heavy (non-hydrogen) atoms. The molecule has 0 radical (unpaired) electrons. The number of fused-ring (bicyclic) bond motifs is 1. The number of para-hydroxylation sites is 1. The zero-order valence-electron chi connectivity index (χ0n) is 9.26. The highest BCUT2D eigenvalue weighted by Crippen LogP contribution is 2.22. The van der Waals surface area contributed by atoms with Crippen LogP contribution in [-0.4, -0.2) is 11.5 Å². The Kier molecular flexibility index (Phi) is 2.33. The molecule has 0 saturated heterocycles. The molecule has 82 valence electrons. The van der Waals surface area contributed by atoms with Crippen molar-refractivity contribution in [3.05, 3.63) is 65.7 Å². The van der Waals surface area contributed by atoms with Gasteiger partial charge >= 0.3 is 0 Å². The second-order valence-electron chi connectivity index (χ2n) is 4.05. The molecule has 0 fully saturated rings. The number of Topliss-reactive ketones (excluding diaryl/α,β-unsaturated/α-hetero) is 1. The minimum atomic E-state index is 0.107. The van der Waals surface area contributed by atoms with Gasteiger partial charge in [-0.05, 0) is 17.7 Å². The van der Waals surface area contributed by atoms with E-state index in [1.165, 1.54) is 0 Å². The highest BCUT2D eigenvalue weighted by molar-refractivity contribution is 6.50. The summed E-state index contributed by atoms with van der Waals surface area (Å²) in [4.78, 5) is 16.4. The van der Waals surface area contributed by atoms with E-state index < -0.39 is 0 Å². The Morgan fingerprint density at radius 3 is 2.41 bits per heavy atom. The highest BCUT2D eigenvalue weighted by Gasteiger charge is 2.25. The first kappa shape index (κ1) is 9.97. The van der Waals surface area contributed by atoms with Crippen LogP contribution in [-0.2, 0) is 11.2 Å². The number of hydrogen-bond acceptors (Lipinski definition) is 2. The smallest absolute Gasteiger partial charge is 0.186 e. The Balaban J connectivity index is 2.10. The molecule has 0 N–H and O–H groups in total. The summed E-state index contributed by atoms with van der Waals surface area (Å²) in [5.74, 6) is 0.107. The van der Waals surface area contributed by atoms with Crippen LogP contribution in [0.5, 0.6) is 0 Å². The van der Waals surface area contributed by atoms with E-state index in [1.54, 1.807) is 0 Å². The van der Waals surface area contributed by atoms with E-state index in [-0.39, 0.29) is 5.78 Å². The lowest BCUT2D eigenvalue weighted by atomic mass is 10.1. The summed E-state index contributed by atoms with van der Waals surface area (Å²) < 4.78 is 0. The Bertz CT molecular complexity index is 599. The van der Waals surface area contributed by atoms with Gasteiger partial charge in [0.15, 0.2) is 5.78 Å². The van der Waals surface area contributed by atoms with Crippen molar-refractivity contribution >= 4 is 17.2 Å². The molecule has 0 unspecified atom stereocenters. The number of nitrogens with zero attached hydrogens (tertiary/aromatic N) is 1. The van der Waals surface area contributed by atoms with Crippen molar-refractivity contribution in [1.82, 2.24) is 0 Å². The molecule has 0 aliphatic heterocycles. The van der Waals surface area contributed by atoms with Crippen LogP contribution in [0, 0.1) is 0 Å². The van der Waals surface area contributed by atoms with Crippen LogP contribution < -0.4 is 0 Å². The zero-order chi connectivity index (χ0) is 11.7. The fourth-order valence-electron chi connectivity index (χ4n) is 2.07. The Morgan fingerprint density at radius 1 is 0.882 bits per heavy atom. The molecule has 0 amide bonds. The van der Waals surface area contributed by atoms with Gasteiger partial charge in [-0.2, -0.15) is 0 Å². The van der Waals surface area contributed by atoms with E-state index in [9.17, 15) is 4.79 Å². The number of rotatable bonds is 1. The van der Waals surface area contributed by atoms with Crippen LogP contribution in [0.2, 0.25) is 0 Å². The van der Waals surface area contributed by atoms with Crippen molar-refractivity contribution in [2.75, 3.05) is 0 Å². The molecule has 3 rings (SSSR count). The van der Waals surface area contributed by atoms with E-state index in [1.807, 2.05) is 54.6 Å². The van der Waals surface area contributed by atoms with E-state index in [0.29, 0.717) is 12.1 Å². The summed E-state index contributed by atoms with van der Waals surface area (Å²) in [6.07, 6.45) is 0.474. The van der Waals surface area contributed by atoms with E-state index in [4.69, 9.17) is 0 Å². The average molecular weight is 221 g/mol. The van der Waals surface area contributed by atoms with Crippen LogP contribution in [0.15, 0.2) is 59.6 Å². The fraction of sp³-hybridized carbons (Fsp3) is 0.0667. The van der Waals surface area contributed by atoms with Crippen molar-refractivity contribution in [2.45, 2.75) is 6.42 Å². The van der Waals surface area contributed by atoms with Crippen LogP contribution in [0.4, 0.5) is 5.69 Å². The molecule has 0 heterocycles. The molecule has 0 bridgehead atoms. The number of aliphatic imine (C=N–C) groups is 1. The summed E-state index contributed by atoms with van der Waals surface area (Å²) in [7, 11) is 0. The summed E-state index contributed by atoms with van der Waals surface area (Å²) in [6.45, 7) is 0. The van der Waals surface area contributed by atoms with Crippen LogP contribution in [0.3, 0.4) is 0 Å². The lowest BCUT2D eigenvalue weighted by molar-refractivity contribution is -0.112. The van der Waals surface area contributed by atoms with Gasteiger partial charge in [-0.25, -0.2) is 4.99 Å². The molecule has 1 aliphatic carbocycles. The fourth-order valence-corrected chi connectivity index (χ4v) is 2.07. The molecule has 1 aliphatic rings. The first-order valence-corrected chi connectivity index (χ1v) is 5.60. The second-order valence-corrected chi connectivity index (χ2v) is 4.05. The van der Waals surface area contributed by atoms with E-state index >= 15 is 0 Å². The van der Waals surface area contributed by atoms with Gasteiger partial charge in [-0.1, -0.05) is 42.5 Å². The molecular formula is C15H11NO. The number of carbonyl (C=O) groups excluding carboxylic acids is 1. The van der Waals surface area contributed by atoms with Crippen molar-refractivity contribution in [3.8, 4) is 0 Å².